The van der Waals surface area contributed by atoms with Gasteiger partial charge in [-0.05, 0) is 37.1 Å². The topological polar surface area (TPSA) is 117 Å². The summed E-state index contributed by atoms with van der Waals surface area (Å²) in [5.41, 5.74) is 3.20. The lowest BCUT2D eigenvalue weighted by atomic mass is 10.1. The first-order valence-corrected chi connectivity index (χ1v) is 8.74. The number of carbonyl (C=O) groups excluding carboxylic acids is 1. The molecule has 3 rings (SSSR count). The smallest absolute Gasteiger partial charge is 0.293 e. The highest BCUT2D eigenvalue weighted by atomic mass is 16.6. The van der Waals surface area contributed by atoms with Gasteiger partial charge in [-0.2, -0.15) is 5.10 Å². The molecule has 146 valence electrons. The number of ether oxygens (including phenoxy) is 1. The first-order chi connectivity index (χ1) is 13.5. The SMILES string of the molecule is COc1cccc(/C=N\NC(=O)c2ccc(N3CCCC3)c([N+](=O)[O-])c2)c1O. The number of aromatic hydroxyl groups is 1. The Morgan fingerprint density at radius 2 is 2.07 bits per heavy atom. The molecule has 0 aliphatic carbocycles. The number of methoxy groups -OCH3 is 1. The summed E-state index contributed by atoms with van der Waals surface area (Å²) < 4.78 is 5.00. The van der Waals surface area contributed by atoms with E-state index in [1.807, 2.05) is 4.90 Å². The second kappa shape index (κ2) is 8.38. The van der Waals surface area contributed by atoms with Gasteiger partial charge in [0.1, 0.15) is 5.69 Å². The Bertz CT molecular complexity index is 923. The minimum atomic E-state index is -0.588. The number of hydrogen-bond donors (Lipinski definition) is 2. The Morgan fingerprint density at radius 3 is 2.75 bits per heavy atom. The van der Waals surface area contributed by atoms with Crippen LogP contribution in [0, 0.1) is 10.1 Å². The standard InChI is InChI=1S/C19H20N4O5/c1-28-17-6-4-5-14(18(17)24)12-20-21-19(25)13-7-8-15(16(11-13)23(26)27)22-9-2-3-10-22/h4-8,11-12,24H,2-3,9-10H2,1H3,(H,21,25)/b20-12-. The van der Waals surface area contributed by atoms with Gasteiger partial charge < -0.3 is 14.7 Å². The predicted octanol–water partition coefficient (Wildman–Crippen LogP) is 2.67. The minimum Gasteiger partial charge on any atom is -0.504 e. The summed E-state index contributed by atoms with van der Waals surface area (Å²) in [5, 5.41) is 25.2. The molecule has 9 nitrogen and oxygen atoms in total. The monoisotopic (exact) mass is 384 g/mol. The highest BCUT2D eigenvalue weighted by Gasteiger charge is 2.23. The number of amides is 1. The van der Waals surface area contributed by atoms with E-state index >= 15 is 0 Å². The van der Waals surface area contributed by atoms with E-state index < -0.39 is 10.8 Å². The number of para-hydroxylation sites is 1. The molecule has 1 aliphatic heterocycles. The summed E-state index contributed by atoms with van der Waals surface area (Å²) in [7, 11) is 1.43. The fourth-order valence-corrected chi connectivity index (χ4v) is 3.07. The average molecular weight is 384 g/mol. The number of nitro groups is 1. The number of nitro benzene ring substituents is 1. The fraction of sp³-hybridized carbons (Fsp3) is 0.263. The number of nitrogens with one attached hydrogen (secondary N) is 1. The van der Waals surface area contributed by atoms with Crippen LogP contribution in [0.5, 0.6) is 11.5 Å². The zero-order chi connectivity index (χ0) is 20.1. The van der Waals surface area contributed by atoms with Crippen molar-refractivity contribution in [2.75, 3.05) is 25.1 Å². The lowest BCUT2D eigenvalue weighted by Crippen LogP contribution is -2.21. The van der Waals surface area contributed by atoms with Gasteiger partial charge >= 0.3 is 0 Å². The van der Waals surface area contributed by atoms with Crippen LogP contribution in [0.2, 0.25) is 0 Å². The molecule has 1 saturated heterocycles. The zero-order valence-electron chi connectivity index (χ0n) is 15.3. The number of rotatable bonds is 6. The van der Waals surface area contributed by atoms with Crippen LogP contribution < -0.4 is 15.1 Å². The molecule has 1 amide bonds. The Kier molecular flexibility index (Phi) is 5.73. The summed E-state index contributed by atoms with van der Waals surface area (Å²) in [5.74, 6) is -0.410. The third-order valence-electron chi connectivity index (χ3n) is 4.50. The van der Waals surface area contributed by atoms with E-state index in [-0.39, 0.29) is 22.7 Å². The summed E-state index contributed by atoms with van der Waals surface area (Å²) in [6.07, 6.45) is 3.25. The number of anilines is 1. The average Bonchev–Trinajstić information content (AvgIpc) is 3.23. The molecule has 0 saturated carbocycles. The largest absolute Gasteiger partial charge is 0.504 e. The molecule has 2 N–H and O–H groups in total. The van der Waals surface area contributed by atoms with Crippen LogP contribution in [0.4, 0.5) is 11.4 Å². The van der Waals surface area contributed by atoms with Crippen molar-refractivity contribution in [2.24, 2.45) is 5.10 Å². The van der Waals surface area contributed by atoms with Gasteiger partial charge in [0.25, 0.3) is 11.6 Å². The Morgan fingerprint density at radius 1 is 1.32 bits per heavy atom. The van der Waals surface area contributed by atoms with Crippen LogP contribution in [0.25, 0.3) is 0 Å². The molecule has 9 heteroatoms. The van der Waals surface area contributed by atoms with Crippen molar-refractivity contribution >= 4 is 23.5 Å². The van der Waals surface area contributed by atoms with Gasteiger partial charge in [0.05, 0.1) is 18.2 Å². The molecule has 1 heterocycles. The lowest BCUT2D eigenvalue weighted by Gasteiger charge is -2.17. The number of nitrogens with zero attached hydrogens (tertiary/aromatic N) is 3. The highest BCUT2D eigenvalue weighted by Crippen LogP contribution is 2.31. The fourth-order valence-electron chi connectivity index (χ4n) is 3.07. The second-order valence-electron chi connectivity index (χ2n) is 6.25. The first kappa shape index (κ1) is 19.2. The van der Waals surface area contributed by atoms with E-state index in [1.54, 1.807) is 24.3 Å². The Hall–Kier alpha value is -3.62. The van der Waals surface area contributed by atoms with E-state index in [4.69, 9.17) is 4.74 Å². The maximum Gasteiger partial charge on any atom is 0.293 e. The summed E-state index contributed by atoms with van der Waals surface area (Å²) in [6.45, 7) is 1.53. The van der Waals surface area contributed by atoms with E-state index in [2.05, 4.69) is 10.5 Å². The van der Waals surface area contributed by atoms with Crippen LogP contribution in [0.15, 0.2) is 41.5 Å². The first-order valence-electron chi connectivity index (χ1n) is 8.74. The van der Waals surface area contributed by atoms with E-state index in [1.165, 1.54) is 25.5 Å². The number of carbonyl (C=O) groups is 1. The lowest BCUT2D eigenvalue weighted by molar-refractivity contribution is -0.384. The predicted molar refractivity (Wildman–Crippen MR) is 104 cm³/mol. The molecule has 28 heavy (non-hydrogen) atoms. The molecule has 1 aliphatic rings. The van der Waals surface area contributed by atoms with Gasteiger partial charge in [-0.25, -0.2) is 5.43 Å². The Labute approximate surface area is 161 Å². The van der Waals surface area contributed by atoms with Gasteiger partial charge in [-0.15, -0.1) is 0 Å². The number of hydrazone groups is 1. The van der Waals surface area contributed by atoms with Crippen LogP contribution in [-0.4, -0.2) is 42.4 Å². The van der Waals surface area contributed by atoms with Crippen molar-refractivity contribution in [2.45, 2.75) is 12.8 Å². The van der Waals surface area contributed by atoms with E-state index in [0.29, 0.717) is 11.3 Å². The normalized spacial score (nSPS) is 13.7. The van der Waals surface area contributed by atoms with Crippen molar-refractivity contribution in [1.29, 1.82) is 0 Å². The number of phenolic OH excluding ortho intramolecular Hbond substituents is 1. The number of hydrogen-bond acceptors (Lipinski definition) is 7. The third-order valence-corrected chi connectivity index (χ3v) is 4.50. The minimum absolute atomic E-state index is 0.103. The highest BCUT2D eigenvalue weighted by molar-refractivity contribution is 5.96. The third kappa shape index (κ3) is 4.03. The van der Waals surface area contributed by atoms with Crippen molar-refractivity contribution in [3.05, 3.63) is 57.6 Å². The van der Waals surface area contributed by atoms with Crippen LogP contribution in [0.1, 0.15) is 28.8 Å². The van der Waals surface area contributed by atoms with Gasteiger partial charge in [0.15, 0.2) is 11.5 Å². The molecule has 0 spiro atoms. The van der Waals surface area contributed by atoms with Crippen molar-refractivity contribution < 1.29 is 19.6 Å². The molecule has 0 aromatic heterocycles. The van der Waals surface area contributed by atoms with Crippen molar-refractivity contribution in [1.82, 2.24) is 5.43 Å². The quantitative estimate of drug-likeness (QED) is 0.449. The summed E-state index contributed by atoms with van der Waals surface area (Å²) in [6, 6.07) is 9.24. The van der Waals surface area contributed by atoms with Crippen LogP contribution in [0.3, 0.4) is 0 Å². The molecule has 1 fully saturated rings. The number of phenols is 1. The van der Waals surface area contributed by atoms with Crippen LogP contribution >= 0.6 is 0 Å². The van der Waals surface area contributed by atoms with Crippen molar-refractivity contribution in [3.8, 4) is 11.5 Å². The molecule has 0 bridgehead atoms. The maximum atomic E-state index is 12.3. The molecule has 2 aromatic rings. The van der Waals surface area contributed by atoms with Crippen molar-refractivity contribution in [3.63, 3.8) is 0 Å². The van der Waals surface area contributed by atoms with E-state index in [0.717, 1.165) is 25.9 Å². The second-order valence-corrected chi connectivity index (χ2v) is 6.25. The summed E-state index contributed by atoms with van der Waals surface area (Å²) in [4.78, 5) is 25.2. The molecule has 2 aromatic carbocycles. The maximum absolute atomic E-state index is 12.3. The van der Waals surface area contributed by atoms with Gasteiger partial charge in [0.2, 0.25) is 0 Å². The molecular formula is C19H20N4O5. The number of benzene rings is 2. The van der Waals surface area contributed by atoms with Crippen LogP contribution in [-0.2, 0) is 0 Å². The molecular weight excluding hydrogens is 364 g/mol. The Balaban J connectivity index is 1.75. The van der Waals surface area contributed by atoms with Gasteiger partial charge in [-0.3, -0.25) is 14.9 Å². The van der Waals surface area contributed by atoms with Gasteiger partial charge in [0, 0.05) is 30.3 Å². The van der Waals surface area contributed by atoms with Gasteiger partial charge in [-0.1, -0.05) is 6.07 Å². The molecule has 0 radical (unpaired) electrons. The molecule has 0 atom stereocenters. The zero-order valence-corrected chi connectivity index (χ0v) is 15.3. The van der Waals surface area contributed by atoms with E-state index in [9.17, 15) is 20.0 Å². The summed E-state index contributed by atoms with van der Waals surface area (Å²) >= 11 is 0. The molecule has 0 unspecified atom stereocenters.